The Bertz CT molecular complexity index is 816. The summed E-state index contributed by atoms with van der Waals surface area (Å²) < 4.78 is 5.81. The molecule has 0 amide bonds. The third-order valence-electron chi connectivity index (χ3n) is 7.18. The first-order chi connectivity index (χ1) is 18.3. The number of benzene rings is 1. The summed E-state index contributed by atoms with van der Waals surface area (Å²) in [6.45, 7) is 6.72. The van der Waals surface area contributed by atoms with Crippen LogP contribution in [0.3, 0.4) is 0 Å². The smallest absolute Gasteiger partial charge is 0.339 e. The van der Waals surface area contributed by atoms with Gasteiger partial charge in [0.25, 0.3) is 0 Å². The monoisotopic (exact) mass is 532 g/mol. The molecule has 0 heterocycles. The van der Waals surface area contributed by atoms with Gasteiger partial charge in [-0.05, 0) is 49.8 Å². The molecule has 0 spiro atoms. The van der Waals surface area contributed by atoms with Crippen molar-refractivity contribution in [3.05, 3.63) is 34.9 Å². The SMILES string of the molecule is CCCCCCCCCCCCC(CCCCCCCC(C)C)OC(=O)c1cc(C(=O)O)ccc1C(=O)O. The van der Waals surface area contributed by atoms with Gasteiger partial charge in [-0.25, -0.2) is 14.4 Å². The average molecular weight is 533 g/mol. The zero-order chi connectivity index (χ0) is 28.2. The van der Waals surface area contributed by atoms with E-state index in [9.17, 15) is 24.6 Å². The molecule has 0 aliphatic heterocycles. The number of carboxylic acid groups (broad SMARTS) is 2. The van der Waals surface area contributed by atoms with Crippen molar-refractivity contribution < 1.29 is 29.3 Å². The van der Waals surface area contributed by atoms with Gasteiger partial charge in [-0.1, -0.05) is 111 Å². The highest BCUT2D eigenvalue weighted by atomic mass is 16.5. The molecule has 1 rings (SSSR count). The van der Waals surface area contributed by atoms with Crippen molar-refractivity contribution in [2.24, 2.45) is 5.92 Å². The van der Waals surface area contributed by atoms with Gasteiger partial charge in [-0.3, -0.25) is 0 Å². The molecule has 0 aliphatic carbocycles. The molecule has 2 N–H and O–H groups in total. The number of aromatic carboxylic acids is 2. The summed E-state index contributed by atoms with van der Waals surface area (Å²) in [5, 5.41) is 18.8. The Morgan fingerprint density at radius 3 is 1.58 bits per heavy atom. The average Bonchev–Trinajstić information content (AvgIpc) is 2.88. The molecule has 6 heteroatoms. The number of carbonyl (C=O) groups is 3. The number of hydrogen-bond donors (Lipinski definition) is 2. The first kappa shape index (κ1) is 33.7. The van der Waals surface area contributed by atoms with Crippen LogP contribution >= 0.6 is 0 Å². The largest absolute Gasteiger partial charge is 0.478 e. The van der Waals surface area contributed by atoms with Crippen LogP contribution in [-0.4, -0.2) is 34.2 Å². The first-order valence-corrected chi connectivity index (χ1v) is 15.1. The van der Waals surface area contributed by atoms with Crippen molar-refractivity contribution in [1.82, 2.24) is 0 Å². The van der Waals surface area contributed by atoms with Gasteiger partial charge in [-0.15, -0.1) is 0 Å². The number of rotatable bonds is 23. The summed E-state index contributed by atoms with van der Waals surface area (Å²) in [5.41, 5.74) is -0.559. The summed E-state index contributed by atoms with van der Waals surface area (Å²) in [4.78, 5) is 36.0. The summed E-state index contributed by atoms with van der Waals surface area (Å²) in [5.74, 6) is -2.51. The van der Waals surface area contributed by atoms with Crippen LogP contribution in [0.25, 0.3) is 0 Å². The molecule has 1 atom stereocenters. The maximum Gasteiger partial charge on any atom is 0.339 e. The quantitative estimate of drug-likeness (QED) is 0.108. The fourth-order valence-electron chi connectivity index (χ4n) is 4.82. The molecule has 0 aromatic heterocycles. The number of ether oxygens (including phenoxy) is 1. The van der Waals surface area contributed by atoms with Gasteiger partial charge in [0.05, 0.1) is 16.7 Å². The lowest BCUT2D eigenvalue weighted by Crippen LogP contribution is -2.21. The minimum absolute atomic E-state index is 0.130. The minimum atomic E-state index is -1.28. The summed E-state index contributed by atoms with van der Waals surface area (Å²) in [7, 11) is 0. The molecule has 0 aliphatic rings. The lowest BCUT2D eigenvalue weighted by molar-refractivity contribution is 0.0244. The van der Waals surface area contributed by atoms with E-state index in [1.165, 1.54) is 76.7 Å². The van der Waals surface area contributed by atoms with Crippen molar-refractivity contribution in [2.75, 3.05) is 0 Å². The van der Waals surface area contributed by atoms with Crippen LogP contribution < -0.4 is 0 Å². The predicted molar refractivity (Wildman–Crippen MR) is 153 cm³/mol. The maximum absolute atomic E-state index is 13.0. The molecule has 0 saturated carbocycles. The third-order valence-corrected chi connectivity index (χ3v) is 7.18. The summed E-state index contributed by atoms with van der Waals surface area (Å²) in [6, 6.07) is 3.47. The van der Waals surface area contributed by atoms with Crippen molar-refractivity contribution in [1.29, 1.82) is 0 Å². The Kier molecular flexibility index (Phi) is 18.2. The topological polar surface area (TPSA) is 101 Å². The standard InChI is InChI=1S/C32H52O6/c1-4-5-6-7-8-9-10-11-14-17-20-27(21-18-15-12-13-16-19-25(2)3)38-32(37)29-24-26(30(33)34)22-23-28(29)31(35)36/h22-25,27H,4-21H2,1-3H3,(H,33,34)(H,35,36). The number of hydrogen-bond acceptors (Lipinski definition) is 4. The van der Waals surface area contributed by atoms with E-state index < -0.39 is 17.9 Å². The van der Waals surface area contributed by atoms with Crippen molar-refractivity contribution in [2.45, 2.75) is 142 Å². The van der Waals surface area contributed by atoms with E-state index in [2.05, 4.69) is 20.8 Å². The fraction of sp³-hybridized carbons (Fsp3) is 0.719. The number of esters is 1. The first-order valence-electron chi connectivity index (χ1n) is 15.1. The van der Waals surface area contributed by atoms with Crippen molar-refractivity contribution >= 4 is 17.9 Å². The molecule has 0 radical (unpaired) electrons. The fourth-order valence-corrected chi connectivity index (χ4v) is 4.82. The van der Waals surface area contributed by atoms with Crippen LogP contribution in [0.2, 0.25) is 0 Å². The lowest BCUT2D eigenvalue weighted by atomic mass is 10.00. The molecular weight excluding hydrogens is 480 g/mol. The number of unbranched alkanes of at least 4 members (excludes halogenated alkanes) is 13. The Morgan fingerprint density at radius 1 is 0.658 bits per heavy atom. The molecule has 0 saturated heterocycles. The molecule has 1 aromatic carbocycles. The molecule has 6 nitrogen and oxygen atoms in total. The van der Waals surface area contributed by atoms with Crippen LogP contribution in [-0.2, 0) is 4.74 Å². The maximum atomic E-state index is 13.0. The van der Waals surface area contributed by atoms with E-state index in [1.807, 2.05) is 0 Å². The Hall–Kier alpha value is -2.37. The van der Waals surface area contributed by atoms with Crippen LogP contribution in [0, 0.1) is 5.92 Å². The van der Waals surface area contributed by atoms with E-state index in [0.717, 1.165) is 63.0 Å². The summed E-state index contributed by atoms with van der Waals surface area (Å²) >= 11 is 0. The van der Waals surface area contributed by atoms with E-state index in [-0.39, 0.29) is 22.8 Å². The molecule has 38 heavy (non-hydrogen) atoms. The van der Waals surface area contributed by atoms with Crippen LogP contribution in [0.1, 0.15) is 167 Å². The second-order valence-corrected chi connectivity index (χ2v) is 11.1. The Balaban J connectivity index is 2.63. The predicted octanol–water partition coefficient (Wildman–Crippen LogP) is 9.31. The molecular formula is C32H52O6. The van der Waals surface area contributed by atoms with Gasteiger partial charge in [0.15, 0.2) is 0 Å². The van der Waals surface area contributed by atoms with Crippen molar-refractivity contribution in [3.8, 4) is 0 Å². The van der Waals surface area contributed by atoms with E-state index in [0.29, 0.717) is 0 Å². The normalized spacial score (nSPS) is 12.0. The Labute approximate surface area is 230 Å². The van der Waals surface area contributed by atoms with Gasteiger partial charge in [0.2, 0.25) is 0 Å². The van der Waals surface area contributed by atoms with Gasteiger partial charge in [-0.2, -0.15) is 0 Å². The van der Waals surface area contributed by atoms with Crippen molar-refractivity contribution in [3.63, 3.8) is 0 Å². The van der Waals surface area contributed by atoms with E-state index in [1.54, 1.807) is 0 Å². The minimum Gasteiger partial charge on any atom is -0.478 e. The highest BCUT2D eigenvalue weighted by Crippen LogP contribution is 2.21. The van der Waals surface area contributed by atoms with Gasteiger partial charge < -0.3 is 14.9 Å². The summed E-state index contributed by atoms with van der Waals surface area (Å²) in [6.07, 6.45) is 20.4. The molecule has 1 unspecified atom stereocenters. The van der Waals surface area contributed by atoms with Crippen LogP contribution in [0.15, 0.2) is 18.2 Å². The molecule has 0 fully saturated rings. The van der Waals surface area contributed by atoms with Gasteiger partial charge in [0, 0.05) is 0 Å². The molecule has 216 valence electrons. The van der Waals surface area contributed by atoms with Gasteiger partial charge in [0.1, 0.15) is 6.10 Å². The third kappa shape index (κ3) is 15.1. The Morgan fingerprint density at radius 2 is 1.13 bits per heavy atom. The highest BCUT2D eigenvalue weighted by Gasteiger charge is 2.23. The zero-order valence-corrected chi connectivity index (χ0v) is 24.1. The lowest BCUT2D eigenvalue weighted by Gasteiger charge is -2.19. The molecule has 1 aromatic rings. The molecule has 0 bridgehead atoms. The van der Waals surface area contributed by atoms with E-state index >= 15 is 0 Å². The second kappa shape index (κ2) is 20.6. The second-order valence-electron chi connectivity index (χ2n) is 11.1. The number of carbonyl (C=O) groups excluding carboxylic acids is 1. The van der Waals surface area contributed by atoms with E-state index in [4.69, 9.17) is 4.74 Å². The number of carboxylic acids is 2. The van der Waals surface area contributed by atoms with Gasteiger partial charge >= 0.3 is 17.9 Å². The van der Waals surface area contributed by atoms with Crippen LogP contribution in [0.4, 0.5) is 0 Å². The van der Waals surface area contributed by atoms with Crippen LogP contribution in [0.5, 0.6) is 0 Å². The zero-order valence-electron chi connectivity index (χ0n) is 24.1. The highest BCUT2D eigenvalue weighted by molar-refractivity contribution is 6.04.